The van der Waals surface area contributed by atoms with Crippen LogP contribution in [0.25, 0.3) is 0 Å². The lowest BCUT2D eigenvalue weighted by Gasteiger charge is -2.63. The van der Waals surface area contributed by atoms with Crippen molar-refractivity contribution in [2.75, 3.05) is 13.1 Å². The zero-order valence-electron chi connectivity index (χ0n) is 14.5. The second-order valence-corrected chi connectivity index (χ2v) is 8.91. The van der Waals surface area contributed by atoms with Gasteiger partial charge in [0.05, 0.1) is 11.0 Å². The van der Waals surface area contributed by atoms with Crippen molar-refractivity contribution in [2.24, 2.45) is 5.92 Å². The number of phenolic OH excluding ortho intramolecular Hbond substituents is 1. The Hall–Kier alpha value is -1.52. The number of ether oxygens (including phenoxy) is 1. The van der Waals surface area contributed by atoms with Gasteiger partial charge in [0.25, 0.3) is 0 Å². The first-order chi connectivity index (χ1) is 12.0. The van der Waals surface area contributed by atoms with E-state index in [1.807, 2.05) is 6.07 Å². The van der Waals surface area contributed by atoms with Gasteiger partial charge >= 0.3 is 0 Å². The smallest absolute Gasteiger partial charge is 0.166 e. The number of phenols is 1. The molecule has 2 aliphatic heterocycles. The van der Waals surface area contributed by atoms with Gasteiger partial charge in [-0.2, -0.15) is 0 Å². The maximum Gasteiger partial charge on any atom is 0.166 e. The van der Waals surface area contributed by atoms with Gasteiger partial charge < -0.3 is 14.9 Å². The van der Waals surface area contributed by atoms with Gasteiger partial charge in [0.1, 0.15) is 6.10 Å². The maximum absolute atomic E-state index is 12.1. The fourth-order valence-electron chi connectivity index (χ4n) is 6.39. The highest BCUT2D eigenvalue weighted by molar-refractivity contribution is 5.63. The molecule has 1 aromatic carbocycles. The molecule has 4 nitrogen and oxygen atoms in total. The summed E-state index contributed by atoms with van der Waals surface area (Å²) in [6.45, 7) is 6.40. The van der Waals surface area contributed by atoms with Gasteiger partial charge in [-0.3, -0.25) is 4.90 Å². The first-order valence-corrected chi connectivity index (χ1v) is 9.71. The number of hydrogen-bond donors (Lipinski definition) is 2. The molecule has 3 aliphatic carbocycles. The van der Waals surface area contributed by atoms with Crippen molar-refractivity contribution in [3.05, 3.63) is 35.4 Å². The van der Waals surface area contributed by atoms with Crippen LogP contribution in [-0.2, 0) is 11.8 Å². The van der Waals surface area contributed by atoms with Crippen molar-refractivity contribution in [1.82, 2.24) is 4.90 Å². The average Bonchev–Trinajstić information content (AvgIpc) is 3.32. The zero-order chi connectivity index (χ0) is 17.0. The number of likely N-dealkylation sites (tertiary alicyclic amines) is 1. The summed E-state index contributed by atoms with van der Waals surface area (Å²) in [4.78, 5) is 2.56. The Balaban J connectivity index is 1.58. The predicted octanol–water partition coefficient (Wildman–Crippen LogP) is 2.51. The van der Waals surface area contributed by atoms with Crippen molar-refractivity contribution in [3.8, 4) is 11.5 Å². The molecule has 1 spiro atoms. The Kier molecular flexibility index (Phi) is 2.58. The summed E-state index contributed by atoms with van der Waals surface area (Å²) in [6, 6.07) is 3.96. The molecule has 2 heterocycles. The van der Waals surface area contributed by atoms with E-state index < -0.39 is 11.0 Å². The Labute approximate surface area is 148 Å². The summed E-state index contributed by atoms with van der Waals surface area (Å²) in [5.41, 5.74) is 2.21. The predicted molar refractivity (Wildman–Crippen MR) is 93.9 cm³/mol. The quantitative estimate of drug-likeness (QED) is 0.813. The highest BCUT2D eigenvalue weighted by Gasteiger charge is 2.71. The Bertz CT molecular complexity index is 801. The fourth-order valence-corrected chi connectivity index (χ4v) is 6.39. The van der Waals surface area contributed by atoms with Crippen molar-refractivity contribution in [3.63, 3.8) is 0 Å². The van der Waals surface area contributed by atoms with Gasteiger partial charge in [-0.25, -0.2) is 0 Å². The highest BCUT2D eigenvalue weighted by atomic mass is 16.5. The van der Waals surface area contributed by atoms with Gasteiger partial charge in [-0.05, 0) is 68.2 Å². The molecule has 2 bridgehead atoms. The van der Waals surface area contributed by atoms with E-state index in [1.165, 1.54) is 18.4 Å². The van der Waals surface area contributed by atoms with Gasteiger partial charge in [-0.1, -0.05) is 12.6 Å². The molecule has 0 amide bonds. The lowest BCUT2D eigenvalue weighted by molar-refractivity contribution is -0.174. The van der Waals surface area contributed by atoms with Gasteiger partial charge in [0, 0.05) is 18.2 Å². The molecule has 4 heteroatoms. The van der Waals surface area contributed by atoms with Crippen LogP contribution in [0.2, 0.25) is 0 Å². The third kappa shape index (κ3) is 1.57. The second-order valence-electron chi connectivity index (χ2n) is 8.91. The molecule has 4 atom stereocenters. The van der Waals surface area contributed by atoms with E-state index in [0.717, 1.165) is 55.8 Å². The molecule has 0 aromatic heterocycles. The second kappa shape index (κ2) is 4.41. The van der Waals surface area contributed by atoms with Crippen LogP contribution in [0.3, 0.4) is 0 Å². The SMILES string of the molecule is C=C1CC[C@@]2(O)[C@@H]3Cc4ccc(O)c5c4[C@@]2(CCN3CC2CC2)[C@@H]1O5. The molecule has 0 unspecified atom stereocenters. The van der Waals surface area contributed by atoms with E-state index in [0.29, 0.717) is 5.75 Å². The highest BCUT2D eigenvalue weighted by Crippen LogP contribution is 2.66. The third-order valence-corrected chi connectivity index (χ3v) is 7.71. The summed E-state index contributed by atoms with van der Waals surface area (Å²) in [5, 5.41) is 22.5. The van der Waals surface area contributed by atoms with Crippen LogP contribution in [0.15, 0.2) is 24.3 Å². The molecule has 2 saturated carbocycles. The Morgan fingerprint density at radius 2 is 2.12 bits per heavy atom. The number of rotatable bonds is 2. The molecule has 0 radical (unpaired) electrons. The molecule has 25 heavy (non-hydrogen) atoms. The van der Waals surface area contributed by atoms with Crippen LogP contribution in [0.1, 0.15) is 43.2 Å². The summed E-state index contributed by atoms with van der Waals surface area (Å²) in [6.07, 6.45) is 5.79. The topological polar surface area (TPSA) is 52.9 Å². The maximum atomic E-state index is 12.1. The first kappa shape index (κ1) is 14.6. The van der Waals surface area contributed by atoms with Crippen LogP contribution < -0.4 is 4.74 Å². The van der Waals surface area contributed by atoms with E-state index in [1.54, 1.807) is 6.07 Å². The first-order valence-electron chi connectivity index (χ1n) is 9.71. The van der Waals surface area contributed by atoms with E-state index in [-0.39, 0.29) is 17.9 Å². The van der Waals surface area contributed by atoms with Crippen LogP contribution in [-0.4, -0.2) is 45.9 Å². The number of hydrogen-bond acceptors (Lipinski definition) is 4. The summed E-state index contributed by atoms with van der Waals surface area (Å²) < 4.78 is 6.29. The third-order valence-electron chi connectivity index (χ3n) is 7.71. The molecule has 3 fully saturated rings. The van der Waals surface area contributed by atoms with Crippen molar-refractivity contribution in [2.45, 2.75) is 61.7 Å². The molecule has 5 aliphatic rings. The monoisotopic (exact) mass is 339 g/mol. The Morgan fingerprint density at radius 1 is 1.28 bits per heavy atom. The minimum atomic E-state index is -0.780. The van der Waals surface area contributed by atoms with Crippen LogP contribution in [0.5, 0.6) is 11.5 Å². The van der Waals surface area contributed by atoms with Crippen LogP contribution in [0, 0.1) is 5.92 Å². The van der Waals surface area contributed by atoms with E-state index in [4.69, 9.17) is 4.74 Å². The summed E-state index contributed by atoms with van der Waals surface area (Å²) >= 11 is 0. The number of benzene rings is 1. The standard InChI is InChI=1S/C21H25NO3/c1-12-6-7-21(24)16-10-14-4-5-15(23)18-17(14)20(21,19(12)25-18)8-9-22(16)11-13-2-3-13/h4-5,13,16,19,23-24H,1-3,6-11H2/t16-,19+,20-,21+/m0/s1. The molecule has 2 N–H and O–H groups in total. The van der Waals surface area contributed by atoms with Gasteiger partial charge in [-0.15, -0.1) is 0 Å². The normalized spacial score (nSPS) is 41.4. The van der Waals surface area contributed by atoms with Crippen LogP contribution in [0.4, 0.5) is 0 Å². The number of nitrogens with zero attached hydrogens (tertiary/aromatic N) is 1. The van der Waals surface area contributed by atoms with E-state index >= 15 is 0 Å². The largest absolute Gasteiger partial charge is 0.504 e. The number of piperidine rings is 1. The Morgan fingerprint density at radius 3 is 2.92 bits per heavy atom. The van der Waals surface area contributed by atoms with Crippen molar-refractivity contribution < 1.29 is 14.9 Å². The average molecular weight is 339 g/mol. The van der Waals surface area contributed by atoms with Gasteiger partial charge in [0.2, 0.25) is 0 Å². The fraction of sp³-hybridized carbons (Fsp3) is 0.619. The molecular formula is C21H25NO3. The summed E-state index contributed by atoms with van der Waals surface area (Å²) in [5.74, 6) is 1.64. The molecule has 6 rings (SSSR count). The minimum Gasteiger partial charge on any atom is -0.504 e. The van der Waals surface area contributed by atoms with Crippen LogP contribution >= 0.6 is 0 Å². The zero-order valence-corrected chi connectivity index (χ0v) is 14.5. The lowest BCUT2D eigenvalue weighted by atomic mass is 9.48. The van der Waals surface area contributed by atoms with Crippen molar-refractivity contribution >= 4 is 0 Å². The number of aliphatic hydroxyl groups is 1. The number of aromatic hydroxyl groups is 1. The van der Waals surface area contributed by atoms with Gasteiger partial charge in [0.15, 0.2) is 11.5 Å². The summed E-state index contributed by atoms with van der Waals surface area (Å²) in [7, 11) is 0. The van der Waals surface area contributed by atoms with E-state index in [9.17, 15) is 10.2 Å². The lowest BCUT2D eigenvalue weighted by Crippen LogP contribution is -2.75. The van der Waals surface area contributed by atoms with E-state index in [2.05, 4.69) is 11.5 Å². The molecular weight excluding hydrogens is 314 g/mol. The minimum absolute atomic E-state index is 0.157. The molecule has 132 valence electrons. The molecule has 1 aromatic rings. The molecule has 1 saturated heterocycles. The van der Waals surface area contributed by atoms with Crippen molar-refractivity contribution in [1.29, 1.82) is 0 Å².